The van der Waals surface area contributed by atoms with E-state index in [0.717, 1.165) is 34.9 Å². The molecule has 0 saturated carbocycles. The molecule has 0 unspecified atom stereocenters. The predicted molar refractivity (Wildman–Crippen MR) is 121 cm³/mol. The van der Waals surface area contributed by atoms with Gasteiger partial charge in [0.1, 0.15) is 0 Å². The van der Waals surface area contributed by atoms with Gasteiger partial charge in [-0.15, -0.1) is 11.3 Å². The van der Waals surface area contributed by atoms with Crippen LogP contribution >= 0.6 is 11.3 Å². The quantitative estimate of drug-likeness (QED) is 0.178. The van der Waals surface area contributed by atoms with Crippen LogP contribution in [0.15, 0.2) is 48.4 Å². The molecule has 0 amide bonds. The van der Waals surface area contributed by atoms with Crippen molar-refractivity contribution in [1.29, 1.82) is 5.41 Å². The van der Waals surface area contributed by atoms with Crippen molar-refractivity contribution in [2.75, 3.05) is 5.32 Å². The minimum Gasteiger partial charge on any atom is -0.332 e. The number of carbonyl (C=O) groups is 1. The topological polar surface area (TPSA) is 65.8 Å². The van der Waals surface area contributed by atoms with Gasteiger partial charge in [0.25, 0.3) is 0 Å². The smallest absolute Gasteiger partial charge is 0.187 e. The van der Waals surface area contributed by atoms with E-state index >= 15 is 0 Å². The van der Waals surface area contributed by atoms with Crippen molar-refractivity contribution in [2.24, 2.45) is 5.92 Å². The normalized spacial score (nSPS) is 12.4. The molecule has 1 aromatic heterocycles. The Bertz CT molecular complexity index is 821. The van der Waals surface area contributed by atoms with Crippen LogP contribution in [0.3, 0.4) is 0 Å². The summed E-state index contributed by atoms with van der Waals surface area (Å²) in [6.45, 7) is 7.88. The third-order valence-corrected chi connectivity index (χ3v) is 5.37. The molecule has 0 aliphatic rings. The first-order chi connectivity index (χ1) is 13.6. The minimum atomic E-state index is 0.0633. The molecule has 0 bridgehead atoms. The van der Waals surface area contributed by atoms with Gasteiger partial charge in [0.05, 0.1) is 5.69 Å². The van der Waals surface area contributed by atoms with E-state index in [1.165, 1.54) is 36.8 Å². The summed E-state index contributed by atoms with van der Waals surface area (Å²) in [5, 5.41) is 13.4. The number of anilines is 2. The summed E-state index contributed by atoms with van der Waals surface area (Å²) in [6, 6.07) is 7.58. The third kappa shape index (κ3) is 6.27. The van der Waals surface area contributed by atoms with Gasteiger partial charge >= 0.3 is 0 Å². The van der Waals surface area contributed by atoms with E-state index in [1.54, 1.807) is 12.2 Å². The van der Waals surface area contributed by atoms with Gasteiger partial charge in [-0.3, -0.25) is 4.79 Å². The molecular formula is C23H29N3OS. The summed E-state index contributed by atoms with van der Waals surface area (Å²) in [5.41, 5.74) is 3.10. The molecule has 28 heavy (non-hydrogen) atoms. The Balaban J connectivity index is 1.96. The maximum absolute atomic E-state index is 12.6. The van der Waals surface area contributed by atoms with Crippen LogP contribution < -0.4 is 5.32 Å². The predicted octanol–water partition coefficient (Wildman–Crippen LogP) is 6.89. The SMILES string of the molecule is C=C/C=C(\C=N)c1csc(Nc2ccc(C(=O)[C@@H](C)CCCCCC)cc2)n1. The van der Waals surface area contributed by atoms with Crippen LogP contribution in [0.1, 0.15) is 62.0 Å². The van der Waals surface area contributed by atoms with Crippen LogP contribution in [0.4, 0.5) is 10.8 Å². The molecule has 1 aromatic carbocycles. The fraction of sp³-hybridized carbons (Fsp3) is 0.348. The van der Waals surface area contributed by atoms with Crippen LogP contribution in [0.5, 0.6) is 0 Å². The van der Waals surface area contributed by atoms with Gasteiger partial charge in [-0.2, -0.15) is 0 Å². The first-order valence-corrected chi connectivity index (χ1v) is 10.7. The Labute approximate surface area is 171 Å². The van der Waals surface area contributed by atoms with E-state index in [1.807, 2.05) is 36.6 Å². The van der Waals surface area contributed by atoms with E-state index in [-0.39, 0.29) is 11.7 Å². The van der Waals surface area contributed by atoms with Crippen LogP contribution in [0, 0.1) is 11.3 Å². The van der Waals surface area contributed by atoms with Gasteiger partial charge in [-0.25, -0.2) is 4.98 Å². The number of hydrogen-bond acceptors (Lipinski definition) is 5. The van der Waals surface area contributed by atoms with Crippen molar-refractivity contribution in [2.45, 2.75) is 46.0 Å². The highest BCUT2D eigenvalue weighted by Gasteiger charge is 2.15. The highest BCUT2D eigenvalue weighted by molar-refractivity contribution is 7.13. The Hall–Kier alpha value is -2.53. The van der Waals surface area contributed by atoms with Crippen LogP contribution in [-0.4, -0.2) is 17.0 Å². The van der Waals surface area contributed by atoms with Gasteiger partial charge in [0.2, 0.25) is 0 Å². The number of benzene rings is 1. The highest BCUT2D eigenvalue weighted by Crippen LogP contribution is 2.25. The first kappa shape index (κ1) is 21.8. The second-order valence-electron chi connectivity index (χ2n) is 6.86. The summed E-state index contributed by atoms with van der Waals surface area (Å²) in [5.74, 6) is 0.276. The second-order valence-corrected chi connectivity index (χ2v) is 7.72. The third-order valence-electron chi connectivity index (χ3n) is 4.61. The van der Waals surface area contributed by atoms with Gasteiger partial charge in [-0.1, -0.05) is 58.3 Å². The molecule has 2 N–H and O–H groups in total. The molecule has 2 rings (SSSR count). The minimum absolute atomic E-state index is 0.0633. The Morgan fingerprint density at radius 3 is 2.68 bits per heavy atom. The molecular weight excluding hydrogens is 366 g/mol. The standard InChI is InChI=1S/C23H29N3OS/c1-4-6-7-8-10-17(3)22(27)18-11-13-20(14-12-18)25-23-26-21(16-28-23)19(15-24)9-5-2/h5,9,11-17,24H,2,4,6-8,10H2,1,3H3,(H,25,26)/b19-9+,24-15?/t17-/m0/s1. The van der Waals surface area contributed by atoms with Gasteiger partial charge in [0, 0.05) is 34.3 Å². The van der Waals surface area contributed by atoms with Crippen molar-refractivity contribution in [1.82, 2.24) is 4.98 Å². The van der Waals surface area contributed by atoms with Crippen molar-refractivity contribution < 1.29 is 4.79 Å². The Kier molecular flexibility index (Phi) is 8.82. The van der Waals surface area contributed by atoms with E-state index in [9.17, 15) is 4.79 Å². The van der Waals surface area contributed by atoms with Gasteiger partial charge in [-0.05, 0) is 30.7 Å². The number of carbonyl (C=O) groups excluding carboxylic acids is 1. The number of Topliss-reactive ketones (excluding diaryl/α,β-unsaturated/α-hetero) is 1. The zero-order valence-electron chi connectivity index (χ0n) is 16.7. The zero-order valence-corrected chi connectivity index (χ0v) is 17.5. The number of ketones is 1. The number of allylic oxidation sites excluding steroid dienone is 3. The summed E-state index contributed by atoms with van der Waals surface area (Å²) >= 11 is 1.47. The molecule has 0 aliphatic heterocycles. The largest absolute Gasteiger partial charge is 0.332 e. The maximum Gasteiger partial charge on any atom is 0.187 e. The monoisotopic (exact) mass is 395 g/mol. The van der Waals surface area contributed by atoms with Gasteiger partial charge < -0.3 is 10.7 Å². The number of nitrogens with zero attached hydrogens (tertiary/aromatic N) is 1. The van der Waals surface area contributed by atoms with Crippen molar-refractivity contribution in [3.05, 3.63) is 59.6 Å². The Morgan fingerprint density at radius 2 is 2.04 bits per heavy atom. The molecule has 0 saturated heterocycles. The average molecular weight is 396 g/mol. The molecule has 2 aromatic rings. The fourth-order valence-electron chi connectivity index (χ4n) is 2.93. The lowest BCUT2D eigenvalue weighted by Gasteiger charge is -2.11. The average Bonchev–Trinajstić information content (AvgIpc) is 3.17. The lowest BCUT2D eigenvalue weighted by Crippen LogP contribution is -2.11. The lowest BCUT2D eigenvalue weighted by molar-refractivity contribution is 0.0922. The van der Waals surface area contributed by atoms with Gasteiger partial charge in [0.15, 0.2) is 10.9 Å². The molecule has 1 atom stereocenters. The molecule has 4 nitrogen and oxygen atoms in total. The lowest BCUT2D eigenvalue weighted by atomic mass is 9.94. The summed E-state index contributed by atoms with van der Waals surface area (Å²) in [6.07, 6.45) is 10.4. The molecule has 148 valence electrons. The number of aromatic nitrogens is 1. The van der Waals surface area contributed by atoms with Crippen molar-refractivity contribution in [3.8, 4) is 0 Å². The highest BCUT2D eigenvalue weighted by atomic mass is 32.1. The molecule has 0 spiro atoms. The Morgan fingerprint density at radius 1 is 1.29 bits per heavy atom. The molecule has 1 heterocycles. The van der Waals surface area contributed by atoms with Crippen molar-refractivity contribution in [3.63, 3.8) is 0 Å². The van der Waals surface area contributed by atoms with E-state index < -0.39 is 0 Å². The molecule has 5 heteroatoms. The summed E-state index contributed by atoms with van der Waals surface area (Å²) in [4.78, 5) is 17.1. The fourth-order valence-corrected chi connectivity index (χ4v) is 3.67. The number of nitrogens with one attached hydrogen (secondary N) is 2. The van der Waals surface area contributed by atoms with Crippen LogP contribution in [0.25, 0.3) is 5.57 Å². The zero-order chi connectivity index (χ0) is 20.4. The molecule has 0 radical (unpaired) electrons. The summed E-state index contributed by atoms with van der Waals surface area (Å²) in [7, 11) is 0. The van der Waals surface area contributed by atoms with Crippen LogP contribution in [0.2, 0.25) is 0 Å². The number of hydrogen-bond donors (Lipinski definition) is 2. The van der Waals surface area contributed by atoms with Crippen molar-refractivity contribution >= 4 is 39.7 Å². The molecule has 0 aliphatic carbocycles. The van der Waals surface area contributed by atoms with E-state index in [4.69, 9.17) is 5.41 Å². The number of thiazole rings is 1. The second kappa shape index (κ2) is 11.3. The van der Waals surface area contributed by atoms with Crippen LogP contribution in [-0.2, 0) is 0 Å². The first-order valence-electron chi connectivity index (χ1n) is 9.79. The number of rotatable bonds is 12. The summed E-state index contributed by atoms with van der Waals surface area (Å²) < 4.78 is 0. The molecule has 0 fully saturated rings. The van der Waals surface area contributed by atoms with E-state index in [0.29, 0.717) is 5.57 Å². The maximum atomic E-state index is 12.6. The van der Waals surface area contributed by atoms with E-state index in [2.05, 4.69) is 23.8 Å². The number of unbranched alkanes of at least 4 members (excludes halogenated alkanes) is 3.